The predicted octanol–water partition coefficient (Wildman–Crippen LogP) is 2.57. The van der Waals surface area contributed by atoms with E-state index in [2.05, 4.69) is 15.5 Å². The largest absolute Gasteiger partial charge is 0.318 e. The molecule has 0 aliphatic rings. The third kappa shape index (κ3) is 3.01. The van der Waals surface area contributed by atoms with Gasteiger partial charge in [-0.2, -0.15) is 10.2 Å². The number of halogens is 1. The van der Waals surface area contributed by atoms with E-state index in [4.69, 9.17) is 11.6 Å². The van der Waals surface area contributed by atoms with Crippen LogP contribution in [0.1, 0.15) is 16.1 Å². The summed E-state index contributed by atoms with van der Waals surface area (Å²) in [6.45, 7) is 0.543. The fraction of sp³-hybridized carbons (Fsp3) is 0.133. The minimum absolute atomic E-state index is 0.225. The molecule has 3 aromatic rings. The van der Waals surface area contributed by atoms with E-state index in [1.165, 1.54) is 4.68 Å². The first-order valence-electron chi connectivity index (χ1n) is 6.69. The fourth-order valence-corrected chi connectivity index (χ4v) is 2.30. The zero-order chi connectivity index (χ0) is 15.5. The maximum atomic E-state index is 12.1. The van der Waals surface area contributed by atoms with Gasteiger partial charge in [-0.05, 0) is 17.7 Å². The van der Waals surface area contributed by atoms with Gasteiger partial charge in [-0.3, -0.25) is 14.2 Å². The van der Waals surface area contributed by atoms with Crippen LogP contribution in [0.5, 0.6) is 0 Å². The minimum Gasteiger partial charge on any atom is -0.318 e. The van der Waals surface area contributed by atoms with Crippen molar-refractivity contribution in [3.63, 3.8) is 0 Å². The molecule has 0 fully saturated rings. The van der Waals surface area contributed by atoms with Crippen LogP contribution in [-0.2, 0) is 13.6 Å². The Hall–Kier alpha value is -2.60. The molecule has 0 aliphatic heterocycles. The summed E-state index contributed by atoms with van der Waals surface area (Å²) in [6, 6.07) is 9.25. The van der Waals surface area contributed by atoms with Crippen molar-refractivity contribution in [3.8, 4) is 0 Å². The Morgan fingerprint density at radius 1 is 1.27 bits per heavy atom. The monoisotopic (exact) mass is 315 g/mol. The van der Waals surface area contributed by atoms with Crippen LogP contribution >= 0.6 is 11.6 Å². The predicted molar refractivity (Wildman–Crippen MR) is 83.9 cm³/mol. The lowest BCUT2D eigenvalue weighted by atomic mass is 10.2. The Morgan fingerprint density at radius 3 is 2.82 bits per heavy atom. The molecule has 2 aromatic heterocycles. The number of aryl methyl sites for hydroxylation is 1. The number of benzene rings is 1. The second-order valence-electron chi connectivity index (χ2n) is 4.81. The molecule has 22 heavy (non-hydrogen) atoms. The first-order chi connectivity index (χ1) is 10.6. The van der Waals surface area contributed by atoms with Crippen molar-refractivity contribution in [2.24, 2.45) is 7.05 Å². The molecule has 0 spiro atoms. The molecule has 0 bridgehead atoms. The highest BCUT2D eigenvalue weighted by atomic mass is 35.5. The van der Waals surface area contributed by atoms with Gasteiger partial charge in [0, 0.05) is 24.5 Å². The maximum Gasteiger partial charge on any atom is 0.274 e. The molecular formula is C15H14ClN5O. The van der Waals surface area contributed by atoms with Gasteiger partial charge >= 0.3 is 0 Å². The van der Waals surface area contributed by atoms with Gasteiger partial charge in [-0.1, -0.05) is 29.8 Å². The van der Waals surface area contributed by atoms with Gasteiger partial charge in [0.1, 0.15) is 5.69 Å². The molecule has 6 nitrogen and oxygen atoms in total. The zero-order valence-electron chi connectivity index (χ0n) is 11.9. The summed E-state index contributed by atoms with van der Waals surface area (Å²) < 4.78 is 3.24. The first kappa shape index (κ1) is 14.3. The van der Waals surface area contributed by atoms with E-state index >= 15 is 0 Å². The van der Waals surface area contributed by atoms with Gasteiger partial charge in [-0.25, -0.2) is 0 Å². The standard InChI is InChI=1S/C15H14ClN5O/c1-20-14(6-7-17-20)15(22)19-12-8-18-21(10-12)9-11-4-2-3-5-13(11)16/h2-8,10H,9H2,1H3,(H,19,22). The number of amides is 1. The van der Waals surface area contributed by atoms with Gasteiger partial charge < -0.3 is 5.32 Å². The second kappa shape index (κ2) is 6.03. The summed E-state index contributed by atoms with van der Waals surface area (Å²) in [5.41, 5.74) is 2.08. The molecular weight excluding hydrogens is 302 g/mol. The van der Waals surface area contributed by atoms with E-state index in [1.807, 2.05) is 24.3 Å². The highest BCUT2D eigenvalue weighted by Gasteiger charge is 2.11. The summed E-state index contributed by atoms with van der Waals surface area (Å²) >= 11 is 6.13. The number of nitrogens with zero attached hydrogens (tertiary/aromatic N) is 4. The summed E-state index contributed by atoms with van der Waals surface area (Å²) in [7, 11) is 1.72. The molecule has 0 unspecified atom stereocenters. The van der Waals surface area contributed by atoms with Crippen molar-refractivity contribution in [3.05, 3.63) is 65.2 Å². The minimum atomic E-state index is -0.225. The number of aromatic nitrogens is 4. The maximum absolute atomic E-state index is 12.1. The van der Waals surface area contributed by atoms with Crippen LogP contribution in [0.25, 0.3) is 0 Å². The number of hydrogen-bond donors (Lipinski definition) is 1. The molecule has 1 aromatic carbocycles. The Balaban J connectivity index is 1.70. The average Bonchev–Trinajstić information content (AvgIpc) is 3.10. The molecule has 0 atom stereocenters. The van der Waals surface area contributed by atoms with Gasteiger partial charge in [0.2, 0.25) is 0 Å². The lowest BCUT2D eigenvalue weighted by molar-refractivity contribution is 0.101. The molecule has 0 saturated carbocycles. The molecule has 3 rings (SSSR count). The van der Waals surface area contributed by atoms with Crippen molar-refractivity contribution in [1.82, 2.24) is 19.6 Å². The molecule has 1 amide bonds. The van der Waals surface area contributed by atoms with Gasteiger partial charge in [0.15, 0.2) is 0 Å². The zero-order valence-corrected chi connectivity index (χ0v) is 12.7. The van der Waals surface area contributed by atoms with Crippen LogP contribution < -0.4 is 5.32 Å². The van der Waals surface area contributed by atoms with Gasteiger partial charge in [-0.15, -0.1) is 0 Å². The van der Waals surface area contributed by atoms with Crippen LogP contribution in [-0.4, -0.2) is 25.5 Å². The van der Waals surface area contributed by atoms with E-state index < -0.39 is 0 Å². The number of hydrogen-bond acceptors (Lipinski definition) is 3. The number of nitrogens with one attached hydrogen (secondary N) is 1. The van der Waals surface area contributed by atoms with E-state index in [-0.39, 0.29) is 5.91 Å². The second-order valence-corrected chi connectivity index (χ2v) is 5.22. The quantitative estimate of drug-likeness (QED) is 0.804. The van der Waals surface area contributed by atoms with Crippen molar-refractivity contribution < 1.29 is 4.79 Å². The molecule has 1 N–H and O–H groups in total. The van der Waals surface area contributed by atoms with Gasteiger partial charge in [0.05, 0.1) is 18.4 Å². The van der Waals surface area contributed by atoms with E-state index in [1.54, 1.807) is 36.4 Å². The fourth-order valence-electron chi connectivity index (χ4n) is 2.11. The normalized spacial score (nSPS) is 10.6. The highest BCUT2D eigenvalue weighted by Crippen LogP contribution is 2.17. The van der Waals surface area contributed by atoms with Crippen molar-refractivity contribution in [2.75, 3.05) is 5.32 Å². The number of carbonyl (C=O) groups is 1. The third-order valence-electron chi connectivity index (χ3n) is 3.23. The lowest BCUT2D eigenvalue weighted by Gasteiger charge is -2.04. The SMILES string of the molecule is Cn1nccc1C(=O)Nc1cnn(Cc2ccccc2Cl)c1. The van der Waals surface area contributed by atoms with Gasteiger partial charge in [0.25, 0.3) is 5.91 Å². The Labute approximate surface area is 132 Å². The lowest BCUT2D eigenvalue weighted by Crippen LogP contribution is -2.15. The summed E-state index contributed by atoms with van der Waals surface area (Å²) in [5.74, 6) is -0.225. The van der Waals surface area contributed by atoms with Crippen molar-refractivity contribution in [1.29, 1.82) is 0 Å². The number of rotatable bonds is 4. The average molecular weight is 316 g/mol. The van der Waals surface area contributed by atoms with Crippen LogP contribution in [0.3, 0.4) is 0 Å². The Morgan fingerprint density at radius 2 is 2.09 bits per heavy atom. The summed E-state index contributed by atoms with van der Waals surface area (Å²) in [4.78, 5) is 12.1. The molecule has 0 radical (unpaired) electrons. The number of anilines is 1. The molecule has 2 heterocycles. The molecule has 112 valence electrons. The van der Waals surface area contributed by atoms with Crippen LogP contribution in [0.2, 0.25) is 5.02 Å². The highest BCUT2D eigenvalue weighted by molar-refractivity contribution is 6.31. The van der Waals surface area contributed by atoms with E-state index in [9.17, 15) is 4.79 Å². The van der Waals surface area contributed by atoms with Crippen LogP contribution in [0.15, 0.2) is 48.9 Å². The number of carbonyl (C=O) groups excluding carboxylic acids is 1. The topological polar surface area (TPSA) is 64.7 Å². The molecule has 0 aliphatic carbocycles. The summed E-state index contributed by atoms with van der Waals surface area (Å²) in [6.07, 6.45) is 4.94. The first-order valence-corrected chi connectivity index (χ1v) is 7.06. The Bertz CT molecular complexity index is 808. The third-order valence-corrected chi connectivity index (χ3v) is 3.60. The van der Waals surface area contributed by atoms with Crippen LogP contribution in [0, 0.1) is 0 Å². The van der Waals surface area contributed by atoms with Crippen molar-refractivity contribution in [2.45, 2.75) is 6.54 Å². The van der Waals surface area contributed by atoms with E-state index in [0.29, 0.717) is 22.9 Å². The smallest absolute Gasteiger partial charge is 0.274 e. The molecule has 7 heteroatoms. The Kier molecular flexibility index (Phi) is 3.93. The molecule has 0 saturated heterocycles. The van der Waals surface area contributed by atoms with E-state index in [0.717, 1.165) is 5.56 Å². The summed E-state index contributed by atoms with van der Waals surface area (Å²) in [5, 5.41) is 11.7. The van der Waals surface area contributed by atoms with Crippen molar-refractivity contribution >= 4 is 23.2 Å². The van der Waals surface area contributed by atoms with Crippen LogP contribution in [0.4, 0.5) is 5.69 Å².